The summed E-state index contributed by atoms with van der Waals surface area (Å²) in [6.07, 6.45) is 1.63. The van der Waals surface area contributed by atoms with Crippen molar-refractivity contribution in [1.82, 2.24) is 9.99 Å². The summed E-state index contributed by atoms with van der Waals surface area (Å²) in [5.41, 5.74) is 6.99. The van der Waals surface area contributed by atoms with Crippen LogP contribution in [0.1, 0.15) is 27.3 Å². The fraction of sp³-hybridized carbons (Fsp3) is 0.100. The molecule has 2 aromatic carbocycles. The van der Waals surface area contributed by atoms with Crippen LogP contribution in [0, 0.1) is 17.4 Å². The molecule has 0 atom stereocenters. The molecule has 0 saturated heterocycles. The fourth-order valence-corrected chi connectivity index (χ4v) is 3.11. The van der Waals surface area contributed by atoms with E-state index in [0.717, 1.165) is 22.6 Å². The van der Waals surface area contributed by atoms with E-state index in [1.165, 1.54) is 6.07 Å². The number of phenols is 1. The van der Waals surface area contributed by atoms with Gasteiger partial charge in [0.25, 0.3) is 5.91 Å². The van der Waals surface area contributed by atoms with Crippen molar-refractivity contribution in [2.24, 2.45) is 5.10 Å². The molecule has 0 saturated carbocycles. The summed E-state index contributed by atoms with van der Waals surface area (Å²) in [4.78, 5) is 12.1. The van der Waals surface area contributed by atoms with E-state index in [4.69, 9.17) is 0 Å². The second-order valence-electron chi connectivity index (χ2n) is 5.86. The van der Waals surface area contributed by atoms with Gasteiger partial charge in [0.1, 0.15) is 5.75 Å². The lowest BCUT2D eigenvalue weighted by Crippen LogP contribution is -2.17. The third kappa shape index (κ3) is 3.80. The summed E-state index contributed by atoms with van der Waals surface area (Å²) < 4.78 is 2.83. The molecule has 5 nitrogen and oxygen atoms in total. The van der Waals surface area contributed by atoms with E-state index in [1.54, 1.807) is 18.3 Å². The molecular formula is C20H18IN3O2. The van der Waals surface area contributed by atoms with Crippen molar-refractivity contribution in [1.29, 1.82) is 0 Å². The van der Waals surface area contributed by atoms with Gasteiger partial charge in [0.05, 0.1) is 9.78 Å². The monoisotopic (exact) mass is 459 g/mol. The number of aromatic nitrogens is 1. The van der Waals surface area contributed by atoms with Gasteiger partial charge in [-0.2, -0.15) is 5.10 Å². The maximum absolute atomic E-state index is 12.1. The summed E-state index contributed by atoms with van der Waals surface area (Å²) in [5.74, 6) is -0.293. The molecule has 0 unspecified atom stereocenters. The Morgan fingerprint density at radius 3 is 2.58 bits per heavy atom. The summed E-state index contributed by atoms with van der Waals surface area (Å²) in [6.45, 7) is 4.05. The molecular weight excluding hydrogens is 441 g/mol. The number of carbonyl (C=O) groups excluding carboxylic acids is 1. The Hall–Kier alpha value is -2.61. The number of hydrazone groups is 1. The minimum absolute atomic E-state index is 0.0774. The number of amides is 1. The lowest BCUT2D eigenvalue weighted by atomic mass is 10.2. The van der Waals surface area contributed by atoms with Crippen molar-refractivity contribution in [3.05, 3.63) is 80.7 Å². The van der Waals surface area contributed by atoms with Crippen LogP contribution >= 0.6 is 22.6 Å². The van der Waals surface area contributed by atoms with Crippen LogP contribution in [-0.2, 0) is 0 Å². The Morgan fingerprint density at radius 1 is 1.15 bits per heavy atom. The van der Waals surface area contributed by atoms with Gasteiger partial charge in [0.2, 0.25) is 0 Å². The third-order valence-electron chi connectivity index (χ3n) is 4.06. The van der Waals surface area contributed by atoms with Gasteiger partial charge in [-0.1, -0.05) is 18.2 Å². The number of rotatable bonds is 4. The van der Waals surface area contributed by atoms with Crippen LogP contribution in [0.4, 0.5) is 0 Å². The quantitative estimate of drug-likeness (QED) is 0.350. The normalized spacial score (nSPS) is 11.0. The van der Waals surface area contributed by atoms with E-state index < -0.39 is 0 Å². The van der Waals surface area contributed by atoms with Gasteiger partial charge in [0.15, 0.2) is 0 Å². The van der Waals surface area contributed by atoms with Crippen LogP contribution in [0.25, 0.3) is 5.69 Å². The molecule has 6 heteroatoms. The largest absolute Gasteiger partial charge is 0.507 e. The number of hydrogen-bond acceptors (Lipinski definition) is 3. The van der Waals surface area contributed by atoms with Crippen molar-refractivity contribution in [3.8, 4) is 11.4 Å². The number of carbonyl (C=O) groups is 1. The van der Waals surface area contributed by atoms with Gasteiger partial charge in [-0.3, -0.25) is 4.79 Å². The molecule has 3 aromatic rings. The van der Waals surface area contributed by atoms with Gasteiger partial charge in [-0.25, -0.2) is 5.43 Å². The molecule has 0 aliphatic carbocycles. The Balaban J connectivity index is 1.77. The van der Waals surface area contributed by atoms with Gasteiger partial charge in [-0.15, -0.1) is 0 Å². The van der Waals surface area contributed by atoms with E-state index in [9.17, 15) is 9.90 Å². The summed E-state index contributed by atoms with van der Waals surface area (Å²) in [6, 6.07) is 16.9. The summed E-state index contributed by atoms with van der Waals surface area (Å²) in [5, 5.41) is 13.8. The number of aryl methyl sites for hydroxylation is 1. The minimum atomic E-state index is -0.371. The van der Waals surface area contributed by atoms with Crippen LogP contribution in [0.3, 0.4) is 0 Å². The van der Waals surface area contributed by atoms with E-state index in [-0.39, 0.29) is 11.7 Å². The number of halogens is 1. The molecule has 1 aromatic heterocycles. The van der Waals surface area contributed by atoms with Gasteiger partial charge >= 0.3 is 0 Å². The van der Waals surface area contributed by atoms with Crippen molar-refractivity contribution >= 4 is 34.7 Å². The first-order chi connectivity index (χ1) is 12.5. The lowest BCUT2D eigenvalue weighted by molar-refractivity contribution is 0.0954. The number of phenolic OH excluding ortho intramolecular Hbond substituents is 1. The Labute approximate surface area is 165 Å². The first-order valence-corrected chi connectivity index (χ1v) is 9.11. The number of aromatic hydroxyl groups is 1. The van der Waals surface area contributed by atoms with Gasteiger partial charge in [0, 0.05) is 28.2 Å². The molecule has 26 heavy (non-hydrogen) atoms. The molecule has 1 heterocycles. The highest BCUT2D eigenvalue weighted by Crippen LogP contribution is 2.21. The molecule has 132 valence electrons. The van der Waals surface area contributed by atoms with Crippen molar-refractivity contribution < 1.29 is 9.90 Å². The molecule has 0 aliphatic heterocycles. The maximum Gasteiger partial charge on any atom is 0.271 e. The minimum Gasteiger partial charge on any atom is -0.507 e. The first kappa shape index (κ1) is 18.2. The van der Waals surface area contributed by atoms with Crippen LogP contribution in [0.2, 0.25) is 0 Å². The SMILES string of the molecule is Cc1cc(C=NNC(=O)c2ccc(I)c(O)c2)c(C)n1-c1ccccc1. The second kappa shape index (κ2) is 7.74. The number of para-hydroxylation sites is 1. The number of benzene rings is 2. The zero-order valence-corrected chi connectivity index (χ0v) is 16.6. The number of hydrogen-bond donors (Lipinski definition) is 2. The highest BCUT2D eigenvalue weighted by atomic mass is 127. The molecule has 0 spiro atoms. The van der Waals surface area contributed by atoms with Crippen molar-refractivity contribution in [2.45, 2.75) is 13.8 Å². The maximum atomic E-state index is 12.1. The van der Waals surface area contributed by atoms with Crippen LogP contribution in [-0.4, -0.2) is 21.8 Å². The Bertz CT molecular complexity index is 978. The predicted octanol–water partition coefficient (Wildman–Crippen LogP) is 4.17. The predicted molar refractivity (Wildman–Crippen MR) is 111 cm³/mol. The molecule has 1 amide bonds. The Kier molecular flexibility index (Phi) is 5.41. The van der Waals surface area contributed by atoms with Crippen molar-refractivity contribution in [3.63, 3.8) is 0 Å². The average Bonchev–Trinajstić information content (AvgIpc) is 2.91. The smallest absolute Gasteiger partial charge is 0.271 e. The van der Waals surface area contributed by atoms with E-state index in [1.807, 2.05) is 72.8 Å². The first-order valence-electron chi connectivity index (χ1n) is 8.03. The van der Waals surface area contributed by atoms with Crippen LogP contribution in [0.15, 0.2) is 59.7 Å². The lowest BCUT2D eigenvalue weighted by Gasteiger charge is -2.09. The van der Waals surface area contributed by atoms with Gasteiger partial charge < -0.3 is 9.67 Å². The number of nitrogens with one attached hydrogen (secondary N) is 1. The average molecular weight is 459 g/mol. The Morgan fingerprint density at radius 2 is 1.88 bits per heavy atom. The number of nitrogens with zero attached hydrogens (tertiary/aromatic N) is 2. The van der Waals surface area contributed by atoms with E-state index in [0.29, 0.717) is 9.13 Å². The summed E-state index contributed by atoms with van der Waals surface area (Å²) in [7, 11) is 0. The zero-order valence-electron chi connectivity index (χ0n) is 14.4. The second-order valence-corrected chi connectivity index (χ2v) is 7.02. The standard InChI is InChI=1S/C20H18IN3O2/c1-13-10-16(14(2)24(13)17-6-4-3-5-7-17)12-22-23-20(26)15-8-9-18(21)19(25)11-15/h3-12,25H,1-2H3,(H,23,26). The molecule has 0 radical (unpaired) electrons. The topological polar surface area (TPSA) is 66.6 Å². The van der Waals surface area contributed by atoms with E-state index >= 15 is 0 Å². The van der Waals surface area contributed by atoms with Crippen molar-refractivity contribution in [2.75, 3.05) is 0 Å². The van der Waals surface area contributed by atoms with E-state index in [2.05, 4.69) is 15.1 Å². The van der Waals surface area contributed by atoms with Crippen LogP contribution in [0.5, 0.6) is 5.75 Å². The highest BCUT2D eigenvalue weighted by Gasteiger charge is 2.10. The highest BCUT2D eigenvalue weighted by molar-refractivity contribution is 14.1. The summed E-state index contributed by atoms with van der Waals surface area (Å²) >= 11 is 2.00. The molecule has 2 N–H and O–H groups in total. The molecule has 3 rings (SSSR count). The van der Waals surface area contributed by atoms with Crippen LogP contribution < -0.4 is 5.43 Å². The van der Waals surface area contributed by atoms with Gasteiger partial charge in [-0.05, 0) is 72.8 Å². The fourth-order valence-electron chi connectivity index (χ4n) is 2.77. The molecule has 0 bridgehead atoms. The molecule has 0 fully saturated rings. The molecule has 0 aliphatic rings. The third-order valence-corrected chi connectivity index (χ3v) is 4.97. The zero-order chi connectivity index (χ0) is 18.7.